The fourth-order valence-electron chi connectivity index (χ4n) is 1.40. The number of anilines is 1. The van der Waals surface area contributed by atoms with Gasteiger partial charge in [-0.2, -0.15) is 0 Å². The fraction of sp³-hybridized carbons (Fsp3) is 0.0833. The first-order valence-electron chi connectivity index (χ1n) is 4.94. The standard InChI is InChI=1S/C12H9BrClFN2/c13-12-2-1-11(7-17-12)16-6-8-3-9(14)5-10(15)4-8/h1-5,7,16H,6H2. The number of hydrogen-bond donors (Lipinski definition) is 1. The Hall–Kier alpha value is -1.13. The molecule has 1 N–H and O–H groups in total. The monoisotopic (exact) mass is 314 g/mol. The summed E-state index contributed by atoms with van der Waals surface area (Å²) in [4.78, 5) is 4.08. The summed E-state index contributed by atoms with van der Waals surface area (Å²) in [5, 5.41) is 3.53. The van der Waals surface area contributed by atoms with Crippen LogP contribution < -0.4 is 5.32 Å². The van der Waals surface area contributed by atoms with E-state index in [9.17, 15) is 4.39 Å². The number of halogens is 3. The summed E-state index contributed by atoms with van der Waals surface area (Å²) in [5.74, 6) is -0.330. The van der Waals surface area contributed by atoms with Gasteiger partial charge in [-0.05, 0) is 51.8 Å². The number of hydrogen-bond acceptors (Lipinski definition) is 2. The van der Waals surface area contributed by atoms with E-state index in [-0.39, 0.29) is 5.82 Å². The van der Waals surface area contributed by atoms with Gasteiger partial charge in [0.15, 0.2) is 0 Å². The maximum absolute atomic E-state index is 13.1. The Kier molecular flexibility index (Phi) is 3.97. The zero-order valence-electron chi connectivity index (χ0n) is 8.75. The first-order valence-corrected chi connectivity index (χ1v) is 6.11. The molecule has 5 heteroatoms. The quantitative estimate of drug-likeness (QED) is 0.857. The predicted molar refractivity (Wildman–Crippen MR) is 70.7 cm³/mol. The zero-order valence-corrected chi connectivity index (χ0v) is 11.1. The maximum atomic E-state index is 13.1. The Bertz CT molecular complexity index is 496. The molecule has 0 fully saturated rings. The van der Waals surface area contributed by atoms with Crippen molar-refractivity contribution < 1.29 is 4.39 Å². The normalized spacial score (nSPS) is 10.3. The van der Waals surface area contributed by atoms with Crippen molar-refractivity contribution in [2.75, 3.05) is 5.32 Å². The van der Waals surface area contributed by atoms with Gasteiger partial charge in [-0.25, -0.2) is 9.37 Å². The van der Waals surface area contributed by atoms with E-state index in [4.69, 9.17) is 11.6 Å². The molecule has 88 valence electrons. The maximum Gasteiger partial charge on any atom is 0.125 e. The van der Waals surface area contributed by atoms with Crippen LogP contribution in [0.4, 0.5) is 10.1 Å². The van der Waals surface area contributed by atoms with Crippen LogP contribution in [0, 0.1) is 5.82 Å². The third-order valence-corrected chi connectivity index (χ3v) is 2.83. The second-order valence-electron chi connectivity index (χ2n) is 3.50. The Labute approximate surface area is 112 Å². The summed E-state index contributed by atoms with van der Waals surface area (Å²) < 4.78 is 13.9. The third kappa shape index (κ3) is 3.68. The topological polar surface area (TPSA) is 24.9 Å². The molecule has 0 aliphatic rings. The van der Waals surface area contributed by atoms with Crippen LogP contribution in [-0.4, -0.2) is 4.98 Å². The molecular weight excluding hydrogens is 307 g/mol. The largest absolute Gasteiger partial charge is 0.380 e. The van der Waals surface area contributed by atoms with Crippen LogP contribution in [0.1, 0.15) is 5.56 Å². The van der Waals surface area contributed by atoms with Gasteiger partial charge in [0.1, 0.15) is 10.4 Å². The molecule has 2 rings (SSSR count). The zero-order chi connectivity index (χ0) is 12.3. The van der Waals surface area contributed by atoms with Gasteiger partial charge in [-0.15, -0.1) is 0 Å². The molecule has 0 bridgehead atoms. The first-order chi connectivity index (χ1) is 8.13. The van der Waals surface area contributed by atoms with Crippen molar-refractivity contribution in [2.24, 2.45) is 0 Å². The van der Waals surface area contributed by atoms with Crippen molar-refractivity contribution in [2.45, 2.75) is 6.54 Å². The van der Waals surface area contributed by atoms with E-state index in [0.717, 1.165) is 15.9 Å². The lowest BCUT2D eigenvalue weighted by Crippen LogP contribution is -2.00. The molecule has 1 aromatic carbocycles. The second kappa shape index (κ2) is 5.47. The summed E-state index contributed by atoms with van der Waals surface area (Å²) in [6, 6.07) is 8.18. The van der Waals surface area contributed by atoms with Crippen molar-refractivity contribution in [3.8, 4) is 0 Å². The summed E-state index contributed by atoms with van der Waals surface area (Å²) in [5.41, 5.74) is 1.66. The Morgan fingerprint density at radius 1 is 1.29 bits per heavy atom. The van der Waals surface area contributed by atoms with Crippen LogP contribution in [0.25, 0.3) is 0 Å². The van der Waals surface area contributed by atoms with Gasteiger partial charge in [-0.1, -0.05) is 11.6 Å². The molecule has 1 heterocycles. The summed E-state index contributed by atoms with van der Waals surface area (Å²) in [6.07, 6.45) is 1.70. The molecule has 0 saturated carbocycles. The first kappa shape index (κ1) is 12.3. The van der Waals surface area contributed by atoms with E-state index in [1.165, 1.54) is 12.1 Å². The number of nitrogens with zero attached hydrogens (tertiary/aromatic N) is 1. The SMILES string of the molecule is Fc1cc(Cl)cc(CNc2ccc(Br)nc2)c1. The predicted octanol–water partition coefficient (Wildman–Crippen LogP) is 4.25. The number of nitrogens with one attached hydrogen (secondary N) is 1. The van der Waals surface area contributed by atoms with Crippen molar-refractivity contribution in [3.63, 3.8) is 0 Å². The molecule has 0 amide bonds. The van der Waals surface area contributed by atoms with Crippen molar-refractivity contribution in [1.29, 1.82) is 0 Å². The molecule has 0 radical (unpaired) electrons. The van der Waals surface area contributed by atoms with Crippen LogP contribution >= 0.6 is 27.5 Å². The minimum Gasteiger partial charge on any atom is -0.380 e. The lowest BCUT2D eigenvalue weighted by Gasteiger charge is -2.06. The third-order valence-electron chi connectivity index (χ3n) is 2.15. The Morgan fingerprint density at radius 3 is 2.76 bits per heavy atom. The van der Waals surface area contributed by atoms with Gasteiger partial charge in [0, 0.05) is 11.6 Å². The van der Waals surface area contributed by atoms with Crippen LogP contribution in [0.15, 0.2) is 41.1 Å². The van der Waals surface area contributed by atoms with E-state index in [2.05, 4.69) is 26.2 Å². The molecule has 2 aromatic rings. The number of aromatic nitrogens is 1. The number of pyridine rings is 1. The molecule has 0 saturated heterocycles. The van der Waals surface area contributed by atoms with Gasteiger partial charge in [0.2, 0.25) is 0 Å². The Morgan fingerprint density at radius 2 is 2.12 bits per heavy atom. The molecule has 2 nitrogen and oxygen atoms in total. The van der Waals surface area contributed by atoms with Crippen LogP contribution in [0.3, 0.4) is 0 Å². The molecule has 1 aromatic heterocycles. The molecule has 0 aliphatic carbocycles. The van der Waals surface area contributed by atoms with Crippen LogP contribution in [0.5, 0.6) is 0 Å². The lowest BCUT2D eigenvalue weighted by molar-refractivity contribution is 0.626. The van der Waals surface area contributed by atoms with Crippen molar-refractivity contribution in [1.82, 2.24) is 4.98 Å². The highest BCUT2D eigenvalue weighted by molar-refractivity contribution is 9.10. The fourth-order valence-corrected chi connectivity index (χ4v) is 1.88. The van der Waals surface area contributed by atoms with E-state index in [1.54, 1.807) is 12.3 Å². The highest BCUT2D eigenvalue weighted by Crippen LogP contribution is 2.16. The number of benzene rings is 1. The minimum atomic E-state index is -0.330. The molecule has 0 aliphatic heterocycles. The van der Waals surface area contributed by atoms with Gasteiger partial charge in [0.05, 0.1) is 11.9 Å². The van der Waals surface area contributed by atoms with Gasteiger partial charge in [0.25, 0.3) is 0 Å². The van der Waals surface area contributed by atoms with E-state index in [0.29, 0.717) is 11.6 Å². The Balaban J connectivity index is 2.04. The van der Waals surface area contributed by atoms with Crippen LogP contribution in [-0.2, 0) is 6.54 Å². The molecule has 0 atom stereocenters. The molecular formula is C12H9BrClFN2. The van der Waals surface area contributed by atoms with Crippen molar-refractivity contribution in [3.05, 3.63) is 57.5 Å². The van der Waals surface area contributed by atoms with Crippen molar-refractivity contribution >= 4 is 33.2 Å². The second-order valence-corrected chi connectivity index (χ2v) is 4.75. The summed E-state index contributed by atoms with van der Waals surface area (Å²) >= 11 is 9.02. The van der Waals surface area contributed by atoms with Gasteiger partial charge >= 0.3 is 0 Å². The summed E-state index contributed by atoms with van der Waals surface area (Å²) in [6.45, 7) is 0.501. The smallest absolute Gasteiger partial charge is 0.125 e. The summed E-state index contributed by atoms with van der Waals surface area (Å²) in [7, 11) is 0. The lowest BCUT2D eigenvalue weighted by atomic mass is 10.2. The van der Waals surface area contributed by atoms with E-state index >= 15 is 0 Å². The van der Waals surface area contributed by atoms with E-state index in [1.807, 2.05) is 12.1 Å². The highest BCUT2D eigenvalue weighted by atomic mass is 79.9. The average Bonchev–Trinajstić information content (AvgIpc) is 2.27. The minimum absolute atomic E-state index is 0.330. The molecule has 17 heavy (non-hydrogen) atoms. The highest BCUT2D eigenvalue weighted by Gasteiger charge is 2.00. The molecule has 0 spiro atoms. The molecule has 0 unspecified atom stereocenters. The number of rotatable bonds is 3. The van der Waals surface area contributed by atoms with Crippen LogP contribution in [0.2, 0.25) is 5.02 Å². The average molecular weight is 316 g/mol. The van der Waals surface area contributed by atoms with Gasteiger partial charge < -0.3 is 5.32 Å². The van der Waals surface area contributed by atoms with Gasteiger partial charge in [-0.3, -0.25) is 0 Å². The van der Waals surface area contributed by atoms with E-state index < -0.39 is 0 Å².